The lowest BCUT2D eigenvalue weighted by atomic mass is 10.1. The fraction of sp³-hybridized carbons (Fsp3) is 0.500. The van der Waals surface area contributed by atoms with Crippen LogP contribution in [0.4, 0.5) is 0 Å². The van der Waals surface area contributed by atoms with Gasteiger partial charge in [0, 0.05) is 31.3 Å². The molecule has 2 aromatic heterocycles. The van der Waals surface area contributed by atoms with Crippen LogP contribution in [-0.4, -0.2) is 31.0 Å². The molecule has 0 aliphatic carbocycles. The molecule has 102 valence electrons. The van der Waals surface area contributed by atoms with Gasteiger partial charge in [-0.15, -0.1) is 0 Å². The van der Waals surface area contributed by atoms with E-state index in [1.165, 1.54) is 0 Å². The molecule has 0 fully saturated rings. The highest BCUT2D eigenvalue weighted by atomic mass is 16.3. The molecule has 2 heterocycles. The van der Waals surface area contributed by atoms with Crippen LogP contribution >= 0.6 is 0 Å². The number of hydrogen-bond donors (Lipinski definition) is 1. The predicted octanol–water partition coefficient (Wildman–Crippen LogP) is 1.48. The van der Waals surface area contributed by atoms with E-state index in [1.54, 1.807) is 12.5 Å². The third kappa shape index (κ3) is 4.13. The van der Waals surface area contributed by atoms with Crippen LogP contribution in [0.5, 0.6) is 0 Å². The molecule has 1 N–H and O–H groups in total. The number of rotatable bonds is 6. The van der Waals surface area contributed by atoms with Gasteiger partial charge in [0.1, 0.15) is 12.2 Å². The smallest absolute Gasteiger partial charge is 0.138 e. The first-order valence-electron chi connectivity index (χ1n) is 6.60. The van der Waals surface area contributed by atoms with E-state index >= 15 is 0 Å². The van der Waals surface area contributed by atoms with Gasteiger partial charge in [-0.05, 0) is 18.1 Å². The summed E-state index contributed by atoms with van der Waals surface area (Å²) in [7, 11) is 0. The monoisotopic (exact) mass is 260 g/mol. The Morgan fingerprint density at radius 3 is 2.74 bits per heavy atom. The molecule has 0 aliphatic heterocycles. The van der Waals surface area contributed by atoms with Gasteiger partial charge in [0.25, 0.3) is 0 Å². The maximum absolute atomic E-state index is 10.1. The highest BCUT2D eigenvalue weighted by molar-refractivity contribution is 5.05. The number of nitrogens with zero attached hydrogens (tertiary/aromatic N) is 4. The summed E-state index contributed by atoms with van der Waals surface area (Å²) in [5.41, 5.74) is 0.893. The Morgan fingerprint density at radius 2 is 2.05 bits per heavy atom. The highest BCUT2D eigenvalue weighted by Crippen LogP contribution is 2.07. The maximum atomic E-state index is 10.1. The Morgan fingerprint density at radius 1 is 1.21 bits per heavy atom. The van der Waals surface area contributed by atoms with Crippen LogP contribution in [0.1, 0.15) is 25.4 Å². The van der Waals surface area contributed by atoms with E-state index < -0.39 is 6.10 Å². The number of pyridine rings is 1. The molecule has 0 bridgehead atoms. The molecule has 0 saturated heterocycles. The second-order valence-corrected chi connectivity index (χ2v) is 5.14. The van der Waals surface area contributed by atoms with Crippen LogP contribution in [0, 0.1) is 5.92 Å². The van der Waals surface area contributed by atoms with Crippen molar-refractivity contribution in [1.29, 1.82) is 0 Å². The lowest BCUT2D eigenvalue weighted by molar-refractivity contribution is 0.169. The van der Waals surface area contributed by atoms with Gasteiger partial charge in [-0.2, -0.15) is 5.10 Å². The van der Waals surface area contributed by atoms with Gasteiger partial charge in [-0.3, -0.25) is 4.98 Å². The normalized spacial score (nSPS) is 12.8. The van der Waals surface area contributed by atoms with Crippen molar-refractivity contribution in [3.63, 3.8) is 0 Å². The van der Waals surface area contributed by atoms with E-state index in [9.17, 15) is 5.11 Å². The fourth-order valence-electron chi connectivity index (χ4n) is 1.99. The molecule has 0 aliphatic rings. The molecule has 0 amide bonds. The van der Waals surface area contributed by atoms with Crippen molar-refractivity contribution in [2.24, 2.45) is 5.92 Å². The second-order valence-electron chi connectivity index (χ2n) is 5.14. The van der Waals surface area contributed by atoms with Crippen LogP contribution in [0.3, 0.4) is 0 Å². The minimum atomic E-state index is -0.481. The largest absolute Gasteiger partial charge is 0.392 e. The first-order valence-corrected chi connectivity index (χ1v) is 6.60. The molecule has 2 aromatic rings. The van der Waals surface area contributed by atoms with E-state index in [1.807, 2.05) is 22.9 Å². The minimum absolute atomic E-state index is 0.481. The highest BCUT2D eigenvalue weighted by Gasteiger charge is 2.13. The molecule has 2 rings (SSSR count). The van der Waals surface area contributed by atoms with Gasteiger partial charge in [0.05, 0.1) is 6.10 Å². The molecule has 1 unspecified atom stereocenters. The van der Waals surface area contributed by atoms with Crippen LogP contribution in [-0.2, 0) is 19.4 Å². The number of hydrogen-bond acceptors (Lipinski definition) is 4. The SMILES string of the molecule is CC(C)Cn1ncnc1CC(O)Cc1ccccn1. The van der Waals surface area contributed by atoms with Crippen LogP contribution < -0.4 is 0 Å². The Bertz CT molecular complexity index is 495. The van der Waals surface area contributed by atoms with Gasteiger partial charge in [0.2, 0.25) is 0 Å². The Labute approximate surface area is 113 Å². The number of aliphatic hydroxyl groups excluding tert-OH is 1. The first kappa shape index (κ1) is 13.7. The minimum Gasteiger partial charge on any atom is -0.392 e. The fourth-order valence-corrected chi connectivity index (χ4v) is 1.99. The average Bonchev–Trinajstić information content (AvgIpc) is 2.77. The number of aromatic nitrogens is 4. The molecule has 19 heavy (non-hydrogen) atoms. The van der Waals surface area contributed by atoms with Gasteiger partial charge in [-0.25, -0.2) is 9.67 Å². The summed E-state index contributed by atoms with van der Waals surface area (Å²) in [6.07, 6.45) is 3.85. The molecule has 0 saturated carbocycles. The van der Waals surface area contributed by atoms with Crippen LogP contribution in [0.2, 0.25) is 0 Å². The van der Waals surface area contributed by atoms with Crippen LogP contribution in [0.15, 0.2) is 30.7 Å². The van der Waals surface area contributed by atoms with Gasteiger partial charge in [-0.1, -0.05) is 19.9 Å². The van der Waals surface area contributed by atoms with Crippen LogP contribution in [0.25, 0.3) is 0 Å². The quantitative estimate of drug-likeness (QED) is 0.854. The number of aliphatic hydroxyl groups is 1. The summed E-state index contributed by atoms with van der Waals surface area (Å²) in [6, 6.07) is 5.72. The maximum Gasteiger partial charge on any atom is 0.138 e. The van der Waals surface area contributed by atoms with Crippen molar-refractivity contribution in [3.8, 4) is 0 Å². The molecule has 0 aromatic carbocycles. The summed E-state index contributed by atoms with van der Waals surface area (Å²) < 4.78 is 1.87. The van der Waals surface area contributed by atoms with Crippen molar-refractivity contribution in [2.45, 2.75) is 39.3 Å². The van der Waals surface area contributed by atoms with Crippen molar-refractivity contribution in [3.05, 3.63) is 42.2 Å². The van der Waals surface area contributed by atoms with Crippen molar-refractivity contribution in [1.82, 2.24) is 19.7 Å². The molecule has 5 nitrogen and oxygen atoms in total. The van der Waals surface area contributed by atoms with Crippen molar-refractivity contribution in [2.75, 3.05) is 0 Å². The predicted molar refractivity (Wildman–Crippen MR) is 72.5 cm³/mol. The van der Waals surface area contributed by atoms with Gasteiger partial charge in [0.15, 0.2) is 0 Å². The summed E-state index contributed by atoms with van der Waals surface area (Å²) in [4.78, 5) is 8.44. The molecule has 1 atom stereocenters. The lowest BCUT2D eigenvalue weighted by Gasteiger charge is -2.12. The molecular weight excluding hydrogens is 240 g/mol. The Balaban J connectivity index is 1.95. The topological polar surface area (TPSA) is 63.8 Å². The zero-order valence-electron chi connectivity index (χ0n) is 11.4. The van der Waals surface area contributed by atoms with E-state index in [4.69, 9.17) is 0 Å². The van der Waals surface area contributed by atoms with E-state index in [-0.39, 0.29) is 0 Å². The summed E-state index contributed by atoms with van der Waals surface area (Å²) >= 11 is 0. The van der Waals surface area contributed by atoms with E-state index in [0.29, 0.717) is 18.8 Å². The van der Waals surface area contributed by atoms with Crippen molar-refractivity contribution < 1.29 is 5.11 Å². The third-order valence-corrected chi connectivity index (χ3v) is 2.82. The summed E-state index contributed by atoms with van der Waals surface area (Å²) in [5.74, 6) is 1.34. The van der Waals surface area contributed by atoms with E-state index in [0.717, 1.165) is 18.1 Å². The standard InChI is InChI=1S/C14H20N4O/c1-11(2)9-18-14(16-10-17-18)8-13(19)7-12-5-3-4-6-15-12/h3-6,10-11,13,19H,7-9H2,1-2H3. The first-order chi connectivity index (χ1) is 9.15. The third-order valence-electron chi connectivity index (χ3n) is 2.82. The average molecular weight is 260 g/mol. The molecule has 0 radical (unpaired) electrons. The lowest BCUT2D eigenvalue weighted by Crippen LogP contribution is -2.19. The van der Waals surface area contributed by atoms with E-state index in [2.05, 4.69) is 28.9 Å². The summed E-state index contributed by atoms with van der Waals surface area (Å²) in [5, 5.41) is 14.3. The molecule has 5 heteroatoms. The zero-order valence-corrected chi connectivity index (χ0v) is 11.4. The Hall–Kier alpha value is -1.75. The van der Waals surface area contributed by atoms with Crippen molar-refractivity contribution >= 4 is 0 Å². The molecule has 0 spiro atoms. The Kier molecular flexibility index (Phi) is 4.63. The zero-order chi connectivity index (χ0) is 13.7. The molecular formula is C14H20N4O. The van der Waals surface area contributed by atoms with Gasteiger partial charge >= 0.3 is 0 Å². The second kappa shape index (κ2) is 6.43. The summed E-state index contributed by atoms with van der Waals surface area (Å²) in [6.45, 7) is 5.09. The van der Waals surface area contributed by atoms with Gasteiger partial charge < -0.3 is 5.11 Å².